The predicted octanol–water partition coefficient (Wildman–Crippen LogP) is 4.82. The summed E-state index contributed by atoms with van der Waals surface area (Å²) in [5, 5.41) is 0. The summed E-state index contributed by atoms with van der Waals surface area (Å²) in [6.45, 7) is 5.76. The second-order valence-corrected chi connectivity index (χ2v) is 5.01. The molecule has 1 unspecified atom stereocenters. The van der Waals surface area contributed by atoms with E-state index in [2.05, 4.69) is 22.5 Å². The average molecular weight is 322 g/mol. The van der Waals surface area contributed by atoms with Crippen LogP contribution in [-0.2, 0) is 6.18 Å². The van der Waals surface area contributed by atoms with E-state index in [0.717, 1.165) is 18.1 Å². The van der Waals surface area contributed by atoms with E-state index in [9.17, 15) is 13.2 Å². The quantitative estimate of drug-likeness (QED) is 0.790. The van der Waals surface area contributed by atoms with Crippen molar-refractivity contribution in [3.05, 3.63) is 46.0 Å². The van der Waals surface area contributed by atoms with E-state index in [-0.39, 0.29) is 4.47 Å². The number of nitrogens with two attached hydrogens (primary N) is 1. The highest BCUT2D eigenvalue weighted by atomic mass is 79.9. The van der Waals surface area contributed by atoms with Crippen LogP contribution in [0.1, 0.15) is 36.9 Å². The molecule has 0 fully saturated rings. The summed E-state index contributed by atoms with van der Waals surface area (Å²) in [5.41, 5.74) is 6.60. The second-order valence-electron chi connectivity index (χ2n) is 4.15. The molecule has 1 atom stereocenters. The minimum absolute atomic E-state index is 0.0280. The maximum Gasteiger partial charge on any atom is 0.417 e. The molecule has 0 heterocycles. The van der Waals surface area contributed by atoms with Crippen molar-refractivity contribution in [2.24, 2.45) is 5.73 Å². The molecule has 1 aromatic rings. The normalized spacial score (nSPS) is 13.4. The molecule has 0 aliphatic carbocycles. The van der Waals surface area contributed by atoms with Crippen molar-refractivity contribution < 1.29 is 13.2 Å². The van der Waals surface area contributed by atoms with Crippen LogP contribution in [0, 0.1) is 0 Å². The van der Waals surface area contributed by atoms with Gasteiger partial charge in [0.1, 0.15) is 0 Å². The van der Waals surface area contributed by atoms with E-state index in [0.29, 0.717) is 12.0 Å². The van der Waals surface area contributed by atoms with Gasteiger partial charge in [-0.05, 0) is 30.5 Å². The highest BCUT2D eigenvalue weighted by Gasteiger charge is 2.33. The smallest absolute Gasteiger partial charge is 0.324 e. The first-order valence-corrected chi connectivity index (χ1v) is 6.33. The van der Waals surface area contributed by atoms with Gasteiger partial charge in [0.05, 0.1) is 5.56 Å². The molecule has 0 spiro atoms. The Hall–Kier alpha value is -0.810. The summed E-state index contributed by atoms with van der Waals surface area (Å²) in [5.74, 6) is 0. The molecule has 0 aliphatic heterocycles. The summed E-state index contributed by atoms with van der Waals surface area (Å²) < 4.78 is 38.2. The molecule has 2 N–H and O–H groups in total. The lowest BCUT2D eigenvalue weighted by Gasteiger charge is -2.16. The Morgan fingerprint density at radius 3 is 2.56 bits per heavy atom. The molecule has 0 saturated heterocycles. The Bertz CT molecular complexity index is 440. The Labute approximate surface area is 113 Å². The summed E-state index contributed by atoms with van der Waals surface area (Å²) in [6.07, 6.45) is -3.11. The molecule has 18 heavy (non-hydrogen) atoms. The van der Waals surface area contributed by atoms with Crippen LogP contribution in [-0.4, -0.2) is 0 Å². The van der Waals surface area contributed by atoms with E-state index in [1.165, 1.54) is 6.07 Å². The van der Waals surface area contributed by atoms with Gasteiger partial charge in [0.2, 0.25) is 0 Å². The molecule has 0 radical (unpaired) electrons. The third-order valence-electron chi connectivity index (χ3n) is 2.73. The van der Waals surface area contributed by atoms with Gasteiger partial charge < -0.3 is 5.73 Å². The number of halogens is 4. The Morgan fingerprint density at radius 2 is 2.06 bits per heavy atom. The largest absolute Gasteiger partial charge is 0.417 e. The van der Waals surface area contributed by atoms with Gasteiger partial charge in [-0.25, -0.2) is 0 Å². The number of rotatable bonds is 4. The van der Waals surface area contributed by atoms with E-state index in [4.69, 9.17) is 5.73 Å². The number of hydrogen-bond donors (Lipinski definition) is 1. The van der Waals surface area contributed by atoms with E-state index < -0.39 is 17.8 Å². The van der Waals surface area contributed by atoms with Crippen LogP contribution < -0.4 is 5.73 Å². The average Bonchev–Trinajstić information content (AvgIpc) is 2.27. The zero-order valence-electron chi connectivity index (χ0n) is 10.0. The fourth-order valence-electron chi connectivity index (χ4n) is 1.56. The summed E-state index contributed by atoms with van der Waals surface area (Å²) >= 11 is 2.90. The monoisotopic (exact) mass is 321 g/mol. The van der Waals surface area contributed by atoms with E-state index in [1.54, 1.807) is 6.07 Å². The van der Waals surface area contributed by atoms with Crippen molar-refractivity contribution in [2.45, 2.75) is 32.0 Å². The molecule has 1 aromatic carbocycles. The van der Waals surface area contributed by atoms with Gasteiger partial charge in [0.15, 0.2) is 0 Å². The zero-order valence-corrected chi connectivity index (χ0v) is 11.6. The number of benzene rings is 1. The number of alkyl halides is 3. The highest BCUT2D eigenvalue weighted by Crippen LogP contribution is 2.36. The molecule has 0 bridgehead atoms. The van der Waals surface area contributed by atoms with Crippen LogP contribution in [0.5, 0.6) is 0 Å². The third-order valence-corrected chi connectivity index (χ3v) is 3.42. The van der Waals surface area contributed by atoms with Crippen LogP contribution in [0.4, 0.5) is 13.2 Å². The molecule has 0 aliphatic rings. The van der Waals surface area contributed by atoms with Crippen molar-refractivity contribution in [1.29, 1.82) is 0 Å². The first-order valence-electron chi connectivity index (χ1n) is 5.54. The van der Waals surface area contributed by atoms with E-state index in [1.807, 2.05) is 6.92 Å². The lowest BCUT2D eigenvalue weighted by atomic mass is 9.98. The molecule has 1 rings (SSSR count). The van der Waals surface area contributed by atoms with Crippen LogP contribution in [0.2, 0.25) is 0 Å². The second kappa shape index (κ2) is 5.89. The maximum atomic E-state index is 12.7. The fraction of sp³-hybridized carbons (Fsp3) is 0.385. The van der Waals surface area contributed by atoms with Crippen molar-refractivity contribution in [3.8, 4) is 0 Å². The zero-order chi connectivity index (χ0) is 13.9. The van der Waals surface area contributed by atoms with E-state index >= 15 is 0 Å². The third kappa shape index (κ3) is 3.85. The van der Waals surface area contributed by atoms with Gasteiger partial charge in [0.25, 0.3) is 0 Å². The molecular weight excluding hydrogens is 307 g/mol. The molecular formula is C13H15BrF3N. The van der Waals surface area contributed by atoms with Gasteiger partial charge in [-0.2, -0.15) is 13.2 Å². The van der Waals surface area contributed by atoms with Gasteiger partial charge >= 0.3 is 6.18 Å². The SMILES string of the molecule is C=C(CC)CC(N)c1ccc(Br)c(C(F)(F)F)c1. The van der Waals surface area contributed by atoms with Gasteiger partial charge in [-0.1, -0.05) is 41.1 Å². The fourth-order valence-corrected chi connectivity index (χ4v) is 2.04. The van der Waals surface area contributed by atoms with Gasteiger partial charge in [-0.3, -0.25) is 0 Å². The maximum absolute atomic E-state index is 12.7. The van der Waals surface area contributed by atoms with Crippen molar-refractivity contribution >= 4 is 15.9 Å². The van der Waals surface area contributed by atoms with Crippen molar-refractivity contribution in [1.82, 2.24) is 0 Å². The topological polar surface area (TPSA) is 26.0 Å². The Kier molecular flexibility index (Phi) is 4.99. The Morgan fingerprint density at radius 1 is 1.44 bits per heavy atom. The summed E-state index contributed by atoms with van der Waals surface area (Å²) in [4.78, 5) is 0. The lowest BCUT2D eigenvalue weighted by Crippen LogP contribution is -2.13. The molecule has 1 nitrogen and oxygen atoms in total. The standard InChI is InChI=1S/C13H15BrF3N/c1-3-8(2)6-12(18)9-4-5-11(14)10(7-9)13(15,16)17/h4-5,7,12H,2-3,6,18H2,1H3. The lowest BCUT2D eigenvalue weighted by molar-refractivity contribution is -0.138. The van der Waals surface area contributed by atoms with Crippen LogP contribution in [0.25, 0.3) is 0 Å². The highest BCUT2D eigenvalue weighted by molar-refractivity contribution is 9.10. The van der Waals surface area contributed by atoms with Crippen LogP contribution >= 0.6 is 15.9 Å². The summed E-state index contributed by atoms with van der Waals surface area (Å²) in [7, 11) is 0. The molecule has 0 saturated carbocycles. The first kappa shape index (κ1) is 15.2. The van der Waals surface area contributed by atoms with Gasteiger partial charge in [0, 0.05) is 10.5 Å². The number of hydrogen-bond acceptors (Lipinski definition) is 1. The van der Waals surface area contributed by atoms with Crippen LogP contribution in [0.15, 0.2) is 34.8 Å². The molecule has 100 valence electrons. The first-order chi connectivity index (χ1) is 8.25. The molecule has 0 aromatic heterocycles. The Balaban J connectivity index is 3.01. The predicted molar refractivity (Wildman–Crippen MR) is 70.1 cm³/mol. The van der Waals surface area contributed by atoms with Crippen molar-refractivity contribution in [2.75, 3.05) is 0 Å². The molecule has 0 amide bonds. The minimum atomic E-state index is -4.38. The van der Waals surface area contributed by atoms with Gasteiger partial charge in [-0.15, -0.1) is 0 Å². The minimum Gasteiger partial charge on any atom is -0.324 e. The molecule has 5 heteroatoms. The summed E-state index contributed by atoms with van der Waals surface area (Å²) in [6, 6.07) is 3.63. The van der Waals surface area contributed by atoms with Crippen LogP contribution in [0.3, 0.4) is 0 Å². The van der Waals surface area contributed by atoms with Crippen molar-refractivity contribution in [3.63, 3.8) is 0 Å².